The lowest BCUT2D eigenvalue weighted by Gasteiger charge is -2.30. The monoisotopic (exact) mass is 419 g/mol. The Morgan fingerprint density at radius 3 is 2.74 bits per heavy atom. The highest BCUT2D eigenvalue weighted by molar-refractivity contribution is 5.95. The zero-order valence-electron chi connectivity index (χ0n) is 19.0. The van der Waals surface area contributed by atoms with E-state index in [2.05, 4.69) is 57.9 Å². The molecule has 4 heterocycles. The second-order valence-electron chi connectivity index (χ2n) is 10.2. The van der Waals surface area contributed by atoms with Crippen LogP contribution in [0.5, 0.6) is 0 Å². The molecule has 0 radical (unpaired) electrons. The Balaban J connectivity index is 1.40. The van der Waals surface area contributed by atoms with Crippen molar-refractivity contribution in [3.8, 4) is 11.4 Å². The fraction of sp³-hybridized carbons (Fsp3) is 0.560. The number of benzene rings is 1. The first-order valence-corrected chi connectivity index (χ1v) is 11.8. The van der Waals surface area contributed by atoms with Gasteiger partial charge in [0.05, 0.1) is 18.9 Å². The van der Waals surface area contributed by atoms with E-state index in [1.165, 1.54) is 51.1 Å². The van der Waals surface area contributed by atoms with Crippen molar-refractivity contribution in [3.63, 3.8) is 0 Å². The smallest absolute Gasteiger partial charge is 0.112 e. The summed E-state index contributed by atoms with van der Waals surface area (Å²) in [5.41, 5.74) is 10.7. The van der Waals surface area contributed by atoms with E-state index in [1.807, 2.05) is 0 Å². The normalized spacial score (nSPS) is 20.5. The topological polar surface area (TPSA) is 60.2 Å². The van der Waals surface area contributed by atoms with Gasteiger partial charge >= 0.3 is 0 Å². The lowest BCUT2D eigenvalue weighted by molar-refractivity contribution is 0.0391. The van der Waals surface area contributed by atoms with Gasteiger partial charge in [0.25, 0.3) is 0 Å². The highest BCUT2D eigenvalue weighted by atomic mass is 16.5. The number of rotatable bonds is 3. The molecule has 0 amide bonds. The molecular formula is C25H33N5O. The molecule has 6 rings (SSSR count). The van der Waals surface area contributed by atoms with Gasteiger partial charge < -0.3 is 14.6 Å². The maximum absolute atomic E-state index is 5.52. The van der Waals surface area contributed by atoms with Crippen molar-refractivity contribution in [2.24, 2.45) is 0 Å². The quantitative estimate of drug-likeness (QED) is 0.678. The van der Waals surface area contributed by atoms with Crippen LogP contribution in [-0.4, -0.2) is 66.0 Å². The average molecular weight is 420 g/mol. The van der Waals surface area contributed by atoms with Crippen LogP contribution in [0.2, 0.25) is 0 Å². The second kappa shape index (κ2) is 7.10. The minimum Gasteiger partial charge on any atom is -0.379 e. The maximum Gasteiger partial charge on any atom is 0.112 e. The van der Waals surface area contributed by atoms with Gasteiger partial charge in [-0.3, -0.25) is 10.00 Å². The number of fused-ring (bicyclic) bond motifs is 6. The number of ether oxygens (including phenoxy) is 1. The van der Waals surface area contributed by atoms with Crippen LogP contribution in [0.15, 0.2) is 12.1 Å². The Morgan fingerprint density at radius 1 is 1.10 bits per heavy atom. The first-order chi connectivity index (χ1) is 15.0. The molecule has 0 bridgehead atoms. The van der Waals surface area contributed by atoms with Crippen LogP contribution in [0.1, 0.15) is 42.7 Å². The number of nitrogens with one attached hydrogen (secondary N) is 2. The molecule has 2 aromatic heterocycles. The molecule has 3 aromatic rings. The predicted molar refractivity (Wildman–Crippen MR) is 125 cm³/mol. The van der Waals surface area contributed by atoms with Crippen LogP contribution >= 0.6 is 0 Å². The number of morpholine rings is 1. The first-order valence-electron chi connectivity index (χ1n) is 11.8. The Hall–Kier alpha value is -2.31. The number of anilines is 1. The molecule has 1 aromatic carbocycles. The van der Waals surface area contributed by atoms with Crippen LogP contribution < -0.4 is 4.90 Å². The van der Waals surface area contributed by atoms with Crippen LogP contribution in [0.25, 0.3) is 22.3 Å². The zero-order chi connectivity index (χ0) is 21.2. The van der Waals surface area contributed by atoms with Gasteiger partial charge in [-0.25, -0.2) is 0 Å². The molecule has 1 aliphatic carbocycles. The summed E-state index contributed by atoms with van der Waals surface area (Å²) in [6.45, 7) is 14.0. The fourth-order valence-corrected chi connectivity index (χ4v) is 5.89. The van der Waals surface area contributed by atoms with E-state index in [-0.39, 0.29) is 5.41 Å². The van der Waals surface area contributed by atoms with Gasteiger partial charge in [-0.15, -0.1) is 0 Å². The van der Waals surface area contributed by atoms with E-state index in [0.717, 1.165) is 64.5 Å². The van der Waals surface area contributed by atoms with Gasteiger partial charge in [-0.2, -0.15) is 5.10 Å². The number of hydrogen-bond acceptors (Lipinski definition) is 4. The van der Waals surface area contributed by atoms with Gasteiger partial charge in [0.1, 0.15) is 5.69 Å². The number of aromatic amines is 2. The van der Waals surface area contributed by atoms with Gasteiger partial charge in [0.15, 0.2) is 0 Å². The fourth-order valence-electron chi connectivity index (χ4n) is 5.89. The summed E-state index contributed by atoms with van der Waals surface area (Å²) >= 11 is 0. The molecule has 1 saturated heterocycles. The summed E-state index contributed by atoms with van der Waals surface area (Å²) in [5.74, 6) is 0. The number of nitrogens with zero attached hydrogens (tertiary/aromatic N) is 3. The van der Waals surface area contributed by atoms with E-state index in [0.29, 0.717) is 0 Å². The highest BCUT2D eigenvalue weighted by Crippen LogP contribution is 2.45. The Bertz CT molecular complexity index is 1130. The minimum absolute atomic E-state index is 0.158. The summed E-state index contributed by atoms with van der Waals surface area (Å²) in [7, 11) is 0. The van der Waals surface area contributed by atoms with Crippen LogP contribution in [0.4, 0.5) is 5.69 Å². The summed E-state index contributed by atoms with van der Waals surface area (Å²) < 4.78 is 5.52. The van der Waals surface area contributed by atoms with Crippen molar-refractivity contribution in [1.82, 2.24) is 20.1 Å². The molecule has 3 aliphatic rings. The van der Waals surface area contributed by atoms with E-state index in [4.69, 9.17) is 4.74 Å². The Labute approximate surface area is 184 Å². The molecule has 2 N–H and O–H groups in total. The van der Waals surface area contributed by atoms with E-state index in [1.54, 1.807) is 0 Å². The van der Waals surface area contributed by atoms with Crippen molar-refractivity contribution in [1.29, 1.82) is 0 Å². The van der Waals surface area contributed by atoms with Crippen molar-refractivity contribution in [2.75, 3.05) is 50.8 Å². The zero-order valence-corrected chi connectivity index (χ0v) is 19.0. The summed E-state index contributed by atoms with van der Waals surface area (Å²) in [4.78, 5) is 8.92. The first kappa shape index (κ1) is 19.4. The van der Waals surface area contributed by atoms with Gasteiger partial charge in [-0.05, 0) is 49.4 Å². The molecule has 0 spiro atoms. The summed E-state index contributed by atoms with van der Waals surface area (Å²) in [5, 5.41) is 9.27. The molecule has 6 heteroatoms. The third-order valence-electron chi connectivity index (χ3n) is 7.63. The number of H-pyrrole nitrogens is 2. The Kier molecular flexibility index (Phi) is 4.44. The second-order valence-corrected chi connectivity index (χ2v) is 10.2. The maximum atomic E-state index is 5.52. The van der Waals surface area contributed by atoms with Crippen molar-refractivity contribution in [3.05, 3.63) is 34.5 Å². The predicted octanol–water partition coefficient (Wildman–Crippen LogP) is 3.78. The standard InChI is InChI=1S/C25H33N5O/c1-16-17-5-4-6-18-19-13-22-20(14-21(19)26-23(18)24(17)28-27-16)25(2,3)15-30(22)8-7-29-9-11-31-12-10-29/h13-14,26H,4-12,15H2,1-3H3,(H,27,28). The molecular weight excluding hydrogens is 386 g/mol. The molecule has 0 saturated carbocycles. The molecule has 31 heavy (non-hydrogen) atoms. The Morgan fingerprint density at radius 2 is 1.90 bits per heavy atom. The van der Waals surface area contributed by atoms with Gasteiger partial charge in [0, 0.05) is 66.0 Å². The van der Waals surface area contributed by atoms with Crippen molar-refractivity contribution < 1.29 is 4.74 Å². The number of aromatic nitrogens is 3. The van der Waals surface area contributed by atoms with Crippen molar-refractivity contribution in [2.45, 2.75) is 45.4 Å². The van der Waals surface area contributed by atoms with Crippen molar-refractivity contribution >= 4 is 16.6 Å². The molecule has 1 fully saturated rings. The largest absolute Gasteiger partial charge is 0.379 e. The average Bonchev–Trinajstić information content (AvgIpc) is 3.33. The molecule has 6 nitrogen and oxygen atoms in total. The molecule has 0 unspecified atom stereocenters. The highest BCUT2D eigenvalue weighted by Gasteiger charge is 2.36. The van der Waals surface area contributed by atoms with Gasteiger partial charge in [0.2, 0.25) is 0 Å². The van der Waals surface area contributed by atoms with Crippen LogP contribution in [-0.2, 0) is 23.0 Å². The van der Waals surface area contributed by atoms with Gasteiger partial charge in [-0.1, -0.05) is 13.8 Å². The van der Waals surface area contributed by atoms with E-state index in [9.17, 15) is 0 Å². The third kappa shape index (κ3) is 3.11. The SMILES string of the molecule is Cc1[nH]nc2c1CCCc1c-2[nH]c2cc3c(cc12)N(CCN1CCOCC1)CC3(C)C. The lowest BCUT2D eigenvalue weighted by Crippen LogP contribution is -2.42. The molecule has 164 valence electrons. The lowest BCUT2D eigenvalue weighted by atomic mass is 9.86. The molecule has 0 atom stereocenters. The van der Waals surface area contributed by atoms with Crippen LogP contribution in [0, 0.1) is 6.92 Å². The minimum atomic E-state index is 0.158. The third-order valence-corrected chi connectivity index (χ3v) is 7.63. The number of hydrogen-bond donors (Lipinski definition) is 2. The van der Waals surface area contributed by atoms with E-state index < -0.39 is 0 Å². The van der Waals surface area contributed by atoms with Crippen LogP contribution in [0.3, 0.4) is 0 Å². The van der Waals surface area contributed by atoms with E-state index >= 15 is 0 Å². The summed E-state index contributed by atoms with van der Waals surface area (Å²) in [6, 6.07) is 4.89. The number of aryl methyl sites for hydroxylation is 2. The summed E-state index contributed by atoms with van der Waals surface area (Å²) in [6.07, 6.45) is 3.39. The molecule has 2 aliphatic heterocycles.